The second-order valence-corrected chi connectivity index (χ2v) is 7.50. The first-order valence-electron chi connectivity index (χ1n) is 8.46. The van der Waals surface area contributed by atoms with Crippen molar-refractivity contribution in [3.63, 3.8) is 0 Å². The highest BCUT2D eigenvalue weighted by Gasteiger charge is 2.19. The van der Waals surface area contributed by atoms with Crippen LogP contribution in [0, 0.1) is 6.92 Å². The molecule has 3 aromatic rings. The van der Waals surface area contributed by atoms with Crippen LogP contribution in [0.5, 0.6) is 0 Å². The molecule has 130 valence electrons. The van der Waals surface area contributed by atoms with Crippen LogP contribution in [0.3, 0.4) is 0 Å². The Bertz CT molecular complexity index is 896. The highest BCUT2D eigenvalue weighted by molar-refractivity contribution is 7.18. The summed E-state index contributed by atoms with van der Waals surface area (Å²) in [5, 5.41) is 14.5. The molecule has 1 aliphatic rings. The zero-order chi connectivity index (χ0) is 17.2. The summed E-state index contributed by atoms with van der Waals surface area (Å²) in [6.45, 7) is 4.31. The molecule has 0 atom stereocenters. The zero-order valence-corrected chi connectivity index (χ0v) is 14.8. The van der Waals surface area contributed by atoms with Gasteiger partial charge in [-0.3, -0.25) is 9.89 Å². The predicted molar refractivity (Wildman–Crippen MR) is 96.8 cm³/mol. The van der Waals surface area contributed by atoms with Crippen molar-refractivity contribution in [2.75, 3.05) is 13.1 Å². The van der Waals surface area contributed by atoms with Gasteiger partial charge in [-0.25, -0.2) is 9.97 Å². The molecule has 0 aliphatic carbocycles. The molecule has 2 aromatic heterocycles. The number of nitrogens with one attached hydrogen (secondary N) is 3. The lowest BCUT2D eigenvalue weighted by Crippen LogP contribution is -2.27. The first-order valence-corrected chi connectivity index (χ1v) is 9.28. The Balaban J connectivity index is 1.40. The Hall–Kier alpha value is -2.32. The third-order valence-electron chi connectivity index (χ3n) is 4.43. The van der Waals surface area contributed by atoms with Gasteiger partial charge in [0.05, 0.1) is 21.8 Å². The number of piperidine rings is 1. The molecule has 1 amide bonds. The lowest BCUT2D eigenvalue weighted by molar-refractivity contribution is 0.0950. The lowest BCUT2D eigenvalue weighted by atomic mass is 9.98. The van der Waals surface area contributed by atoms with Crippen molar-refractivity contribution in [3.8, 4) is 0 Å². The van der Waals surface area contributed by atoms with E-state index >= 15 is 0 Å². The van der Waals surface area contributed by atoms with Crippen LogP contribution >= 0.6 is 11.3 Å². The SMILES string of the molecule is Cc1nc2cc(C(=O)NCc3nc(C4CCNCC4)n[nH]3)ccc2s1. The van der Waals surface area contributed by atoms with Crippen molar-refractivity contribution in [2.45, 2.75) is 32.2 Å². The van der Waals surface area contributed by atoms with E-state index in [0.717, 1.165) is 47.0 Å². The number of aromatic nitrogens is 4. The standard InChI is InChI=1S/C17H20N6OS/c1-10-20-13-8-12(2-3-14(13)25-10)17(24)19-9-15-21-16(23-22-15)11-4-6-18-7-5-11/h2-3,8,11,18H,4-7,9H2,1H3,(H,19,24)(H,21,22,23). The quantitative estimate of drug-likeness (QED) is 0.665. The second kappa shape index (κ2) is 6.89. The van der Waals surface area contributed by atoms with Crippen LogP contribution in [0.25, 0.3) is 10.2 Å². The first-order chi connectivity index (χ1) is 12.2. The number of hydrogen-bond donors (Lipinski definition) is 3. The van der Waals surface area contributed by atoms with Crippen LogP contribution in [0.2, 0.25) is 0 Å². The number of rotatable bonds is 4. The van der Waals surface area contributed by atoms with E-state index in [4.69, 9.17) is 0 Å². The number of amides is 1. The summed E-state index contributed by atoms with van der Waals surface area (Å²) >= 11 is 1.63. The highest BCUT2D eigenvalue weighted by Crippen LogP contribution is 2.23. The molecule has 3 N–H and O–H groups in total. The lowest BCUT2D eigenvalue weighted by Gasteiger charge is -2.19. The van der Waals surface area contributed by atoms with Crippen molar-refractivity contribution < 1.29 is 4.79 Å². The number of carbonyl (C=O) groups is 1. The maximum atomic E-state index is 12.4. The molecule has 1 fully saturated rings. The molecule has 3 heterocycles. The highest BCUT2D eigenvalue weighted by atomic mass is 32.1. The maximum absolute atomic E-state index is 12.4. The van der Waals surface area contributed by atoms with E-state index in [1.165, 1.54) is 0 Å². The summed E-state index contributed by atoms with van der Waals surface area (Å²) in [5.41, 5.74) is 1.47. The average Bonchev–Trinajstić information content (AvgIpc) is 3.25. The molecule has 1 aromatic carbocycles. The molecular weight excluding hydrogens is 336 g/mol. The van der Waals surface area contributed by atoms with Crippen molar-refractivity contribution >= 4 is 27.5 Å². The van der Waals surface area contributed by atoms with Gasteiger partial charge in [0.1, 0.15) is 5.82 Å². The molecule has 0 bridgehead atoms. The number of aromatic amines is 1. The van der Waals surface area contributed by atoms with Crippen LogP contribution in [0.15, 0.2) is 18.2 Å². The van der Waals surface area contributed by atoms with Crippen molar-refractivity contribution in [1.29, 1.82) is 0 Å². The van der Waals surface area contributed by atoms with E-state index in [-0.39, 0.29) is 5.91 Å². The Morgan fingerprint density at radius 3 is 3.00 bits per heavy atom. The Morgan fingerprint density at radius 2 is 2.16 bits per heavy atom. The Morgan fingerprint density at radius 1 is 1.32 bits per heavy atom. The minimum atomic E-state index is -0.132. The van der Waals surface area contributed by atoms with Crippen LogP contribution in [-0.2, 0) is 6.54 Å². The summed E-state index contributed by atoms with van der Waals surface area (Å²) < 4.78 is 1.09. The molecule has 7 nitrogen and oxygen atoms in total. The molecule has 1 aliphatic heterocycles. The summed E-state index contributed by atoms with van der Waals surface area (Å²) in [5.74, 6) is 1.81. The summed E-state index contributed by atoms with van der Waals surface area (Å²) in [4.78, 5) is 21.3. The fraction of sp³-hybridized carbons (Fsp3) is 0.412. The van der Waals surface area contributed by atoms with Crippen molar-refractivity contribution in [2.24, 2.45) is 0 Å². The number of H-pyrrole nitrogens is 1. The molecular formula is C17H20N6OS. The minimum absolute atomic E-state index is 0.132. The third kappa shape index (κ3) is 3.54. The number of carbonyl (C=O) groups excluding carboxylic acids is 1. The number of benzene rings is 1. The fourth-order valence-corrected chi connectivity index (χ4v) is 3.91. The van der Waals surface area contributed by atoms with Crippen molar-refractivity contribution in [1.82, 2.24) is 30.8 Å². The number of hydrogen-bond acceptors (Lipinski definition) is 6. The van der Waals surface area contributed by atoms with Gasteiger partial charge in [-0.05, 0) is 51.1 Å². The molecule has 0 saturated carbocycles. The van der Waals surface area contributed by atoms with E-state index in [1.54, 1.807) is 11.3 Å². The Kier molecular flexibility index (Phi) is 4.46. The number of thiazole rings is 1. The normalized spacial score (nSPS) is 15.6. The van der Waals surface area contributed by atoms with E-state index in [1.807, 2.05) is 25.1 Å². The Labute approximate surface area is 149 Å². The van der Waals surface area contributed by atoms with E-state index in [2.05, 4.69) is 30.8 Å². The van der Waals surface area contributed by atoms with E-state index in [0.29, 0.717) is 23.9 Å². The maximum Gasteiger partial charge on any atom is 0.251 e. The van der Waals surface area contributed by atoms with Crippen LogP contribution in [0.4, 0.5) is 0 Å². The molecule has 8 heteroatoms. The summed E-state index contributed by atoms with van der Waals surface area (Å²) in [6.07, 6.45) is 2.10. The van der Waals surface area contributed by atoms with E-state index in [9.17, 15) is 4.79 Å². The molecule has 4 rings (SSSR count). The van der Waals surface area contributed by atoms with Gasteiger partial charge < -0.3 is 10.6 Å². The van der Waals surface area contributed by atoms with Gasteiger partial charge in [0.2, 0.25) is 0 Å². The molecule has 0 radical (unpaired) electrons. The van der Waals surface area contributed by atoms with Gasteiger partial charge in [-0.15, -0.1) is 11.3 Å². The van der Waals surface area contributed by atoms with Gasteiger partial charge in [0, 0.05) is 11.5 Å². The van der Waals surface area contributed by atoms with E-state index < -0.39 is 0 Å². The minimum Gasteiger partial charge on any atom is -0.345 e. The number of aryl methyl sites for hydroxylation is 1. The van der Waals surface area contributed by atoms with Gasteiger partial charge >= 0.3 is 0 Å². The molecule has 25 heavy (non-hydrogen) atoms. The first kappa shape index (κ1) is 16.2. The fourth-order valence-electron chi connectivity index (χ4n) is 3.10. The summed E-state index contributed by atoms with van der Waals surface area (Å²) in [7, 11) is 0. The molecule has 0 unspecified atom stereocenters. The second-order valence-electron chi connectivity index (χ2n) is 6.26. The molecule has 0 spiro atoms. The van der Waals surface area contributed by atoms with Gasteiger partial charge in [-0.2, -0.15) is 5.10 Å². The monoisotopic (exact) mass is 356 g/mol. The topological polar surface area (TPSA) is 95.6 Å². The third-order valence-corrected chi connectivity index (χ3v) is 5.38. The smallest absolute Gasteiger partial charge is 0.251 e. The number of fused-ring (bicyclic) bond motifs is 1. The van der Waals surface area contributed by atoms with Gasteiger partial charge in [0.25, 0.3) is 5.91 Å². The van der Waals surface area contributed by atoms with Crippen molar-refractivity contribution in [3.05, 3.63) is 40.4 Å². The summed E-state index contributed by atoms with van der Waals surface area (Å²) in [6, 6.07) is 5.60. The van der Waals surface area contributed by atoms with Gasteiger partial charge in [0.15, 0.2) is 5.82 Å². The number of nitrogens with zero attached hydrogens (tertiary/aromatic N) is 3. The van der Waals surface area contributed by atoms with Crippen LogP contribution in [0.1, 0.15) is 45.8 Å². The molecule has 1 saturated heterocycles. The predicted octanol–water partition coefficient (Wildman–Crippen LogP) is 2.12. The average molecular weight is 356 g/mol. The van der Waals surface area contributed by atoms with Gasteiger partial charge in [-0.1, -0.05) is 0 Å². The zero-order valence-electron chi connectivity index (χ0n) is 14.0. The largest absolute Gasteiger partial charge is 0.345 e. The van der Waals surface area contributed by atoms with Crippen LogP contribution < -0.4 is 10.6 Å². The van der Waals surface area contributed by atoms with Crippen LogP contribution in [-0.4, -0.2) is 39.2 Å².